The minimum atomic E-state index is -2.96. The molecular formula is C18H22N4O3S. The van der Waals surface area contributed by atoms with Crippen molar-refractivity contribution in [3.8, 4) is 5.82 Å². The molecule has 0 aromatic carbocycles. The van der Waals surface area contributed by atoms with Crippen LogP contribution in [0.5, 0.6) is 0 Å². The summed E-state index contributed by atoms with van der Waals surface area (Å²) in [5.41, 5.74) is 2.13. The normalized spacial score (nSPS) is 22.5. The Morgan fingerprint density at radius 2 is 2.00 bits per heavy atom. The number of rotatable bonds is 3. The van der Waals surface area contributed by atoms with Crippen molar-refractivity contribution in [1.82, 2.24) is 20.1 Å². The molecule has 0 saturated carbocycles. The number of nitrogens with zero attached hydrogens (tertiary/aromatic N) is 3. The molecule has 2 aliphatic rings. The van der Waals surface area contributed by atoms with E-state index in [2.05, 4.69) is 15.4 Å². The highest BCUT2D eigenvalue weighted by atomic mass is 32.2. The largest absolute Gasteiger partial charge is 0.349 e. The number of hydrogen-bond donors (Lipinski definition) is 1. The Balaban J connectivity index is 1.50. The minimum absolute atomic E-state index is 0.0386. The van der Waals surface area contributed by atoms with Crippen LogP contribution in [-0.2, 0) is 21.1 Å². The summed E-state index contributed by atoms with van der Waals surface area (Å²) in [7, 11) is -2.96. The van der Waals surface area contributed by atoms with Gasteiger partial charge in [0.15, 0.2) is 5.82 Å². The van der Waals surface area contributed by atoms with Crippen LogP contribution >= 0.6 is 0 Å². The standard InChI is InChI=1S/C18H22N4O3S/c23-18(13-7-10-26(24,25)11-8-13)21-15-4-3-5-16-14(15)12-20-22(16)17-6-1-2-9-19-17/h1-2,6,9,12-13,15H,3-5,7-8,10-11H2,(H,21,23)/t15-/m0/s1. The lowest BCUT2D eigenvalue weighted by atomic mass is 9.92. The molecule has 1 amide bonds. The Morgan fingerprint density at radius 3 is 2.73 bits per heavy atom. The zero-order chi connectivity index (χ0) is 18.1. The van der Waals surface area contributed by atoms with Crippen LogP contribution in [0.3, 0.4) is 0 Å². The van der Waals surface area contributed by atoms with E-state index in [9.17, 15) is 13.2 Å². The van der Waals surface area contributed by atoms with E-state index < -0.39 is 9.84 Å². The first kappa shape index (κ1) is 17.2. The summed E-state index contributed by atoms with van der Waals surface area (Å²) < 4.78 is 25.0. The smallest absolute Gasteiger partial charge is 0.223 e. The van der Waals surface area contributed by atoms with Gasteiger partial charge in [0, 0.05) is 17.7 Å². The van der Waals surface area contributed by atoms with E-state index in [-0.39, 0.29) is 29.4 Å². The van der Waals surface area contributed by atoms with Crippen molar-refractivity contribution in [2.45, 2.75) is 38.1 Å². The quantitative estimate of drug-likeness (QED) is 0.880. The van der Waals surface area contributed by atoms with Gasteiger partial charge in [-0.2, -0.15) is 5.10 Å². The topological polar surface area (TPSA) is 93.9 Å². The van der Waals surface area contributed by atoms with E-state index in [1.807, 2.05) is 29.1 Å². The fraction of sp³-hybridized carbons (Fsp3) is 0.500. The number of pyridine rings is 1. The molecule has 0 bridgehead atoms. The molecule has 3 heterocycles. The third-order valence-corrected chi connectivity index (χ3v) is 7.01. The Hall–Kier alpha value is -2.22. The molecule has 1 atom stereocenters. The number of carbonyl (C=O) groups is 1. The summed E-state index contributed by atoms with van der Waals surface area (Å²) in [6, 6.07) is 5.64. The number of sulfone groups is 1. The Kier molecular flexibility index (Phi) is 4.52. The Bertz CT molecular complexity index is 894. The predicted octanol–water partition coefficient (Wildman–Crippen LogP) is 1.59. The maximum atomic E-state index is 12.6. The summed E-state index contributed by atoms with van der Waals surface area (Å²) >= 11 is 0. The Labute approximate surface area is 152 Å². The zero-order valence-corrected chi connectivity index (χ0v) is 15.3. The molecule has 1 fully saturated rings. The average Bonchev–Trinajstić information content (AvgIpc) is 3.07. The number of nitrogens with one attached hydrogen (secondary N) is 1. The highest BCUT2D eigenvalue weighted by Gasteiger charge is 2.32. The minimum Gasteiger partial charge on any atom is -0.349 e. The van der Waals surface area contributed by atoms with Crippen LogP contribution in [0.1, 0.15) is 43.0 Å². The highest BCUT2D eigenvalue weighted by Crippen LogP contribution is 2.31. The molecule has 1 aliphatic carbocycles. The first-order valence-corrected chi connectivity index (χ1v) is 10.8. The predicted molar refractivity (Wildman–Crippen MR) is 96.6 cm³/mol. The number of aromatic nitrogens is 3. The monoisotopic (exact) mass is 374 g/mol. The third kappa shape index (κ3) is 3.38. The van der Waals surface area contributed by atoms with Gasteiger partial charge in [0.25, 0.3) is 0 Å². The van der Waals surface area contributed by atoms with Crippen molar-refractivity contribution in [2.24, 2.45) is 5.92 Å². The second-order valence-corrected chi connectivity index (χ2v) is 9.33. The fourth-order valence-electron chi connectivity index (χ4n) is 3.83. The SMILES string of the molecule is O=C(N[C@H]1CCCc2c1cnn2-c1ccccn1)C1CCS(=O)(=O)CC1. The molecule has 1 saturated heterocycles. The summed E-state index contributed by atoms with van der Waals surface area (Å²) in [4.78, 5) is 17.0. The second-order valence-electron chi connectivity index (χ2n) is 7.03. The molecule has 8 heteroatoms. The van der Waals surface area contributed by atoms with Gasteiger partial charge in [-0.15, -0.1) is 0 Å². The van der Waals surface area contributed by atoms with Crippen molar-refractivity contribution in [1.29, 1.82) is 0 Å². The molecule has 7 nitrogen and oxygen atoms in total. The van der Waals surface area contributed by atoms with Gasteiger partial charge < -0.3 is 5.32 Å². The molecule has 26 heavy (non-hydrogen) atoms. The van der Waals surface area contributed by atoms with E-state index in [0.29, 0.717) is 12.8 Å². The number of amides is 1. The van der Waals surface area contributed by atoms with Crippen LogP contribution in [0.15, 0.2) is 30.6 Å². The van der Waals surface area contributed by atoms with Crippen LogP contribution in [0.4, 0.5) is 0 Å². The number of carbonyl (C=O) groups excluding carboxylic acids is 1. The van der Waals surface area contributed by atoms with E-state index in [1.54, 1.807) is 6.20 Å². The summed E-state index contributed by atoms with van der Waals surface area (Å²) in [6.07, 6.45) is 7.14. The lowest BCUT2D eigenvalue weighted by molar-refractivity contribution is -0.126. The van der Waals surface area contributed by atoms with Crippen molar-refractivity contribution >= 4 is 15.7 Å². The molecule has 1 N–H and O–H groups in total. The van der Waals surface area contributed by atoms with Gasteiger partial charge in [-0.1, -0.05) is 6.07 Å². The molecule has 138 valence electrons. The van der Waals surface area contributed by atoms with E-state index in [0.717, 1.165) is 36.3 Å². The molecule has 0 spiro atoms. The summed E-state index contributed by atoms with van der Waals surface area (Å²) in [5, 5.41) is 7.61. The van der Waals surface area contributed by atoms with Gasteiger partial charge in [-0.25, -0.2) is 18.1 Å². The number of hydrogen-bond acceptors (Lipinski definition) is 5. The highest BCUT2D eigenvalue weighted by molar-refractivity contribution is 7.91. The maximum Gasteiger partial charge on any atom is 0.223 e. The van der Waals surface area contributed by atoms with Crippen LogP contribution < -0.4 is 5.32 Å². The first-order valence-electron chi connectivity index (χ1n) is 9.02. The molecular weight excluding hydrogens is 352 g/mol. The molecule has 1 aliphatic heterocycles. The average molecular weight is 374 g/mol. The lowest BCUT2D eigenvalue weighted by Gasteiger charge is -2.27. The van der Waals surface area contributed by atoms with Gasteiger partial charge >= 0.3 is 0 Å². The molecule has 2 aromatic rings. The van der Waals surface area contributed by atoms with Crippen molar-refractivity contribution < 1.29 is 13.2 Å². The molecule has 0 radical (unpaired) electrons. The van der Waals surface area contributed by atoms with Gasteiger partial charge in [-0.3, -0.25) is 4.79 Å². The van der Waals surface area contributed by atoms with Crippen LogP contribution in [0.25, 0.3) is 5.82 Å². The van der Waals surface area contributed by atoms with Crippen LogP contribution in [0, 0.1) is 5.92 Å². The van der Waals surface area contributed by atoms with E-state index >= 15 is 0 Å². The summed E-state index contributed by atoms with van der Waals surface area (Å²) in [5.74, 6) is 0.744. The van der Waals surface area contributed by atoms with Gasteiger partial charge in [-0.05, 0) is 44.2 Å². The molecule has 2 aromatic heterocycles. The molecule has 4 rings (SSSR count). The second kappa shape index (κ2) is 6.83. The van der Waals surface area contributed by atoms with Crippen LogP contribution in [-0.4, -0.2) is 40.6 Å². The van der Waals surface area contributed by atoms with Crippen LogP contribution in [0.2, 0.25) is 0 Å². The van der Waals surface area contributed by atoms with Crippen molar-refractivity contribution in [3.05, 3.63) is 41.9 Å². The van der Waals surface area contributed by atoms with E-state index in [4.69, 9.17) is 0 Å². The lowest BCUT2D eigenvalue weighted by Crippen LogP contribution is -2.39. The zero-order valence-electron chi connectivity index (χ0n) is 14.5. The van der Waals surface area contributed by atoms with Gasteiger partial charge in [0.05, 0.1) is 29.4 Å². The van der Waals surface area contributed by atoms with E-state index in [1.165, 1.54) is 0 Å². The molecule has 0 unspecified atom stereocenters. The van der Waals surface area contributed by atoms with Crippen molar-refractivity contribution in [3.63, 3.8) is 0 Å². The summed E-state index contributed by atoms with van der Waals surface area (Å²) in [6.45, 7) is 0. The van der Waals surface area contributed by atoms with Gasteiger partial charge in [0.2, 0.25) is 5.91 Å². The number of fused-ring (bicyclic) bond motifs is 1. The van der Waals surface area contributed by atoms with Gasteiger partial charge in [0.1, 0.15) is 9.84 Å². The first-order chi connectivity index (χ1) is 12.5. The fourth-order valence-corrected chi connectivity index (χ4v) is 5.32. The third-order valence-electron chi connectivity index (χ3n) is 5.29. The van der Waals surface area contributed by atoms with Crippen molar-refractivity contribution in [2.75, 3.05) is 11.5 Å². The Morgan fingerprint density at radius 1 is 1.19 bits per heavy atom. The maximum absolute atomic E-state index is 12.6.